The predicted molar refractivity (Wildman–Crippen MR) is 58.4 cm³/mol. The molecule has 0 radical (unpaired) electrons. The summed E-state index contributed by atoms with van der Waals surface area (Å²) in [6.07, 6.45) is -3.86. The molecule has 0 unspecified atom stereocenters. The molecule has 1 aromatic carbocycles. The van der Waals surface area contributed by atoms with Crippen molar-refractivity contribution in [2.75, 3.05) is 5.88 Å². The summed E-state index contributed by atoms with van der Waals surface area (Å²) < 4.78 is 37.6. The van der Waals surface area contributed by atoms with Crippen LogP contribution in [0.1, 0.15) is 23.1 Å². The molecule has 0 saturated carbocycles. The van der Waals surface area contributed by atoms with Crippen LogP contribution in [0.5, 0.6) is 0 Å². The van der Waals surface area contributed by atoms with E-state index in [0.717, 1.165) is 6.07 Å². The second kappa shape index (κ2) is 5.27. The Bertz CT molecular complexity index is 424. The fraction of sp³-hybridized carbons (Fsp3) is 0.333. The second-order valence-electron chi connectivity index (χ2n) is 3.27. The molecule has 0 amide bonds. The molecule has 0 atom stereocenters. The van der Waals surface area contributed by atoms with Crippen molar-refractivity contribution in [3.8, 4) is 11.8 Å². The van der Waals surface area contributed by atoms with Crippen LogP contribution in [0.25, 0.3) is 0 Å². The van der Waals surface area contributed by atoms with Crippen LogP contribution in [-0.4, -0.2) is 5.88 Å². The van der Waals surface area contributed by atoms with E-state index in [1.54, 1.807) is 6.07 Å². The van der Waals surface area contributed by atoms with Crippen molar-refractivity contribution in [2.24, 2.45) is 0 Å². The number of alkyl halides is 4. The first-order chi connectivity index (χ1) is 7.45. The zero-order valence-electron chi connectivity index (χ0n) is 8.66. The molecule has 0 spiro atoms. The summed E-state index contributed by atoms with van der Waals surface area (Å²) in [6, 6.07) is 4.07. The lowest BCUT2D eigenvalue weighted by Gasteiger charge is -2.09. The van der Waals surface area contributed by atoms with Gasteiger partial charge in [0.2, 0.25) is 0 Å². The summed E-state index contributed by atoms with van der Waals surface area (Å²) in [5.74, 6) is 5.73. The fourth-order valence-corrected chi connectivity index (χ4v) is 1.31. The largest absolute Gasteiger partial charge is 0.416 e. The number of aryl methyl sites for hydroxylation is 1. The Hall–Kier alpha value is -1.14. The number of rotatable bonds is 1. The van der Waals surface area contributed by atoms with E-state index in [2.05, 4.69) is 11.8 Å². The van der Waals surface area contributed by atoms with Crippen LogP contribution in [0.4, 0.5) is 13.2 Å². The molecule has 0 N–H and O–H groups in total. The third kappa shape index (κ3) is 3.46. The van der Waals surface area contributed by atoms with Crippen LogP contribution < -0.4 is 0 Å². The minimum Gasteiger partial charge on any atom is -0.166 e. The lowest BCUT2D eigenvalue weighted by molar-refractivity contribution is -0.138. The molecule has 0 saturated heterocycles. The fourth-order valence-electron chi connectivity index (χ4n) is 1.22. The van der Waals surface area contributed by atoms with Crippen LogP contribution >= 0.6 is 11.6 Å². The number of benzene rings is 1. The van der Waals surface area contributed by atoms with Crippen LogP contribution in [0.3, 0.4) is 0 Å². The van der Waals surface area contributed by atoms with Crippen LogP contribution in [0, 0.1) is 18.8 Å². The van der Waals surface area contributed by atoms with Crippen LogP contribution in [-0.2, 0) is 6.18 Å². The Kier molecular flexibility index (Phi) is 4.26. The predicted octanol–water partition coefficient (Wildman–Crippen LogP) is 3.99. The first-order valence-corrected chi connectivity index (χ1v) is 5.21. The molecule has 0 aliphatic carbocycles. The van der Waals surface area contributed by atoms with E-state index in [-0.39, 0.29) is 5.56 Å². The first kappa shape index (κ1) is 12.9. The van der Waals surface area contributed by atoms with E-state index in [4.69, 9.17) is 11.6 Å². The van der Waals surface area contributed by atoms with E-state index in [1.807, 2.05) is 0 Å². The molecule has 86 valence electrons. The lowest BCUT2D eigenvalue weighted by atomic mass is 10.0. The van der Waals surface area contributed by atoms with Crippen molar-refractivity contribution in [1.29, 1.82) is 0 Å². The van der Waals surface area contributed by atoms with Gasteiger partial charge in [-0.25, -0.2) is 0 Å². The molecule has 1 rings (SSSR count). The number of hydrogen-bond donors (Lipinski definition) is 0. The summed E-state index contributed by atoms with van der Waals surface area (Å²) in [5.41, 5.74) is -0.0661. The van der Waals surface area contributed by atoms with Gasteiger partial charge < -0.3 is 0 Å². The van der Waals surface area contributed by atoms with Crippen LogP contribution in [0.15, 0.2) is 18.2 Å². The van der Waals surface area contributed by atoms with Crippen molar-refractivity contribution >= 4 is 11.6 Å². The summed E-state index contributed by atoms with van der Waals surface area (Å²) in [7, 11) is 0. The molecule has 1 aromatic rings. The zero-order chi connectivity index (χ0) is 12.2. The van der Waals surface area contributed by atoms with E-state index < -0.39 is 11.7 Å². The summed E-state index contributed by atoms with van der Waals surface area (Å²) >= 11 is 5.41. The Morgan fingerprint density at radius 2 is 2.00 bits per heavy atom. The van der Waals surface area contributed by atoms with Gasteiger partial charge in [0.25, 0.3) is 0 Å². The van der Waals surface area contributed by atoms with Crippen molar-refractivity contribution < 1.29 is 13.2 Å². The second-order valence-corrected chi connectivity index (χ2v) is 3.65. The molecular formula is C12H10ClF3. The topological polar surface area (TPSA) is 0 Å². The van der Waals surface area contributed by atoms with Crippen molar-refractivity contribution in [1.82, 2.24) is 0 Å². The van der Waals surface area contributed by atoms with Gasteiger partial charge in [0.15, 0.2) is 0 Å². The molecule has 0 aromatic heterocycles. The minimum atomic E-state index is -4.33. The van der Waals surface area contributed by atoms with Crippen LogP contribution in [0.2, 0.25) is 0 Å². The van der Waals surface area contributed by atoms with Gasteiger partial charge in [-0.1, -0.05) is 17.9 Å². The smallest absolute Gasteiger partial charge is 0.166 e. The summed E-state index contributed by atoms with van der Waals surface area (Å²) in [6.45, 7) is 1.43. The Labute approximate surface area is 97.4 Å². The molecular weight excluding hydrogens is 237 g/mol. The van der Waals surface area contributed by atoms with Crippen molar-refractivity contribution in [3.05, 3.63) is 34.9 Å². The maximum Gasteiger partial charge on any atom is 0.416 e. The third-order valence-corrected chi connectivity index (χ3v) is 2.18. The van der Waals surface area contributed by atoms with Gasteiger partial charge in [-0.15, -0.1) is 11.6 Å². The average Bonchev–Trinajstić information content (AvgIpc) is 2.19. The van der Waals surface area contributed by atoms with E-state index in [9.17, 15) is 13.2 Å². The van der Waals surface area contributed by atoms with Gasteiger partial charge in [-0.2, -0.15) is 13.2 Å². The van der Waals surface area contributed by atoms with Gasteiger partial charge in [-0.3, -0.25) is 0 Å². The van der Waals surface area contributed by atoms with Gasteiger partial charge in [0.05, 0.1) is 5.56 Å². The average molecular weight is 247 g/mol. The van der Waals surface area contributed by atoms with E-state index in [0.29, 0.717) is 17.9 Å². The summed E-state index contributed by atoms with van der Waals surface area (Å²) in [4.78, 5) is 0. The maximum absolute atomic E-state index is 12.5. The first-order valence-electron chi connectivity index (χ1n) is 4.68. The van der Waals surface area contributed by atoms with E-state index >= 15 is 0 Å². The van der Waals surface area contributed by atoms with E-state index in [1.165, 1.54) is 13.0 Å². The molecule has 0 fully saturated rings. The van der Waals surface area contributed by atoms with Crippen molar-refractivity contribution in [3.63, 3.8) is 0 Å². The highest BCUT2D eigenvalue weighted by Crippen LogP contribution is 2.32. The third-order valence-electron chi connectivity index (χ3n) is 2.00. The highest BCUT2D eigenvalue weighted by atomic mass is 35.5. The Morgan fingerprint density at radius 3 is 2.56 bits per heavy atom. The standard InChI is InChI=1S/C12H10ClF3/c1-9-5-6-10(4-2-3-7-13)8-11(9)12(14,15)16/h5-6,8H,3,7H2,1H3. The Morgan fingerprint density at radius 1 is 1.31 bits per heavy atom. The normalized spacial score (nSPS) is 10.8. The minimum absolute atomic E-state index is 0.204. The maximum atomic E-state index is 12.5. The monoisotopic (exact) mass is 246 g/mol. The highest BCUT2D eigenvalue weighted by molar-refractivity contribution is 6.18. The Balaban J connectivity index is 3.05. The molecule has 0 bridgehead atoms. The van der Waals surface area contributed by atoms with Gasteiger partial charge in [-0.05, 0) is 24.6 Å². The molecule has 0 nitrogen and oxygen atoms in total. The zero-order valence-corrected chi connectivity index (χ0v) is 9.41. The van der Waals surface area contributed by atoms with Crippen molar-refractivity contribution in [2.45, 2.75) is 19.5 Å². The molecule has 0 aliphatic heterocycles. The molecule has 0 aliphatic rings. The number of halogens is 4. The SMILES string of the molecule is Cc1ccc(C#CCCCl)cc1C(F)(F)F. The lowest BCUT2D eigenvalue weighted by Crippen LogP contribution is -2.07. The molecule has 16 heavy (non-hydrogen) atoms. The summed E-state index contributed by atoms with van der Waals surface area (Å²) in [5, 5.41) is 0. The molecule has 0 heterocycles. The molecule has 4 heteroatoms. The van der Waals surface area contributed by atoms with Gasteiger partial charge in [0, 0.05) is 17.9 Å². The number of hydrogen-bond acceptors (Lipinski definition) is 0. The quantitative estimate of drug-likeness (QED) is 0.519. The van der Waals surface area contributed by atoms with Gasteiger partial charge in [0.1, 0.15) is 0 Å². The highest BCUT2D eigenvalue weighted by Gasteiger charge is 2.32. The van der Waals surface area contributed by atoms with Gasteiger partial charge >= 0.3 is 6.18 Å².